The van der Waals surface area contributed by atoms with Crippen molar-refractivity contribution in [3.05, 3.63) is 145 Å². The molecule has 0 nitrogen and oxygen atoms in total. The van der Waals surface area contributed by atoms with Crippen molar-refractivity contribution < 1.29 is 21.3 Å². The van der Waals surface area contributed by atoms with Crippen molar-refractivity contribution in [3.63, 3.8) is 0 Å². The molecule has 0 spiro atoms. The van der Waals surface area contributed by atoms with Crippen LogP contribution in [0.4, 0.5) is 0 Å². The normalized spacial score (nSPS) is 14.0. The minimum atomic E-state index is -2.74. The van der Waals surface area contributed by atoms with E-state index in [0.717, 1.165) is 12.8 Å². The summed E-state index contributed by atoms with van der Waals surface area (Å²) in [5.41, 5.74) is 14.6. The summed E-state index contributed by atoms with van der Waals surface area (Å²) in [5, 5.41) is 0. The van der Waals surface area contributed by atoms with Crippen molar-refractivity contribution in [2.24, 2.45) is 0 Å². The van der Waals surface area contributed by atoms with Crippen molar-refractivity contribution in [2.45, 2.75) is 79.1 Å². The van der Waals surface area contributed by atoms with E-state index in [2.05, 4.69) is 152 Å². The van der Waals surface area contributed by atoms with E-state index >= 15 is 0 Å². The first-order chi connectivity index (χ1) is 19.9. The fraction of sp³-hybridized carbons (Fsp3) is 0.293. The molecule has 0 bridgehead atoms. The first-order valence-electron chi connectivity index (χ1n) is 15.5. The third kappa shape index (κ3) is 5.46. The molecular formula is C41H44Zr. The van der Waals surface area contributed by atoms with Crippen LogP contribution in [-0.2, 0) is 38.5 Å². The van der Waals surface area contributed by atoms with Gasteiger partial charge in [-0.15, -0.1) is 0 Å². The SMILES string of the molecule is Cc1ccc([C](c2ccc(C)cc2)=[Zr]([C]2=CC=CC2)[c]2c(C(C)(C)C)ccc3c2Cc2cc(C(C)(C)C)ccc2-3)cc1. The van der Waals surface area contributed by atoms with Crippen LogP contribution in [-0.4, -0.2) is 3.21 Å². The van der Waals surface area contributed by atoms with Gasteiger partial charge in [-0.05, 0) is 0 Å². The molecule has 0 amide bonds. The van der Waals surface area contributed by atoms with Gasteiger partial charge < -0.3 is 0 Å². The van der Waals surface area contributed by atoms with Crippen LogP contribution in [0.3, 0.4) is 0 Å². The summed E-state index contributed by atoms with van der Waals surface area (Å²) in [4.78, 5) is 0. The third-order valence-corrected chi connectivity index (χ3v) is 16.8. The van der Waals surface area contributed by atoms with E-state index in [1.807, 2.05) is 0 Å². The monoisotopic (exact) mass is 626 g/mol. The maximum absolute atomic E-state index is 2.74. The molecule has 0 fully saturated rings. The van der Waals surface area contributed by atoms with Crippen LogP contribution in [0.5, 0.6) is 0 Å². The molecule has 0 radical (unpaired) electrons. The van der Waals surface area contributed by atoms with Gasteiger partial charge in [0.2, 0.25) is 0 Å². The summed E-state index contributed by atoms with van der Waals surface area (Å²) in [7, 11) is 0. The predicted octanol–water partition coefficient (Wildman–Crippen LogP) is 9.83. The van der Waals surface area contributed by atoms with Crippen LogP contribution >= 0.6 is 0 Å². The van der Waals surface area contributed by atoms with Gasteiger partial charge >= 0.3 is 263 Å². The molecule has 0 aromatic heterocycles. The van der Waals surface area contributed by atoms with Crippen LogP contribution in [0.25, 0.3) is 11.1 Å². The van der Waals surface area contributed by atoms with Gasteiger partial charge in [0, 0.05) is 0 Å². The first-order valence-corrected chi connectivity index (χ1v) is 19.2. The summed E-state index contributed by atoms with van der Waals surface area (Å²) in [5.74, 6) is 0. The van der Waals surface area contributed by atoms with Gasteiger partial charge in [-0.3, -0.25) is 0 Å². The second-order valence-corrected chi connectivity index (χ2v) is 20.2. The molecule has 0 aliphatic heterocycles. The Morgan fingerprint density at radius 1 is 0.667 bits per heavy atom. The second-order valence-electron chi connectivity index (χ2n) is 14.4. The zero-order valence-electron chi connectivity index (χ0n) is 26.7. The zero-order chi connectivity index (χ0) is 29.8. The molecule has 6 rings (SSSR count). The van der Waals surface area contributed by atoms with Crippen molar-refractivity contribution in [1.82, 2.24) is 0 Å². The summed E-state index contributed by atoms with van der Waals surface area (Å²) in [6.07, 6.45) is 9.27. The summed E-state index contributed by atoms with van der Waals surface area (Å²) in [6.45, 7) is 18.6. The van der Waals surface area contributed by atoms with Gasteiger partial charge in [0.1, 0.15) is 0 Å². The van der Waals surface area contributed by atoms with E-state index in [1.165, 1.54) is 44.5 Å². The molecule has 0 atom stereocenters. The van der Waals surface area contributed by atoms with Gasteiger partial charge in [-0.2, -0.15) is 0 Å². The Kier molecular flexibility index (Phi) is 7.64. The second kappa shape index (κ2) is 11.0. The van der Waals surface area contributed by atoms with E-state index in [9.17, 15) is 0 Å². The molecule has 2 aliphatic rings. The summed E-state index contributed by atoms with van der Waals surface area (Å²) >= 11 is -2.74. The van der Waals surface area contributed by atoms with E-state index in [4.69, 9.17) is 0 Å². The molecule has 0 saturated heterocycles. The Morgan fingerprint density at radius 2 is 1.26 bits per heavy atom. The van der Waals surface area contributed by atoms with Gasteiger partial charge in [0.15, 0.2) is 0 Å². The molecule has 0 heterocycles. The third-order valence-electron chi connectivity index (χ3n) is 9.02. The average molecular weight is 628 g/mol. The molecule has 212 valence electrons. The molecule has 4 aromatic rings. The number of benzene rings is 4. The molecule has 0 saturated carbocycles. The molecule has 2 aliphatic carbocycles. The number of allylic oxidation sites excluding steroid dienone is 4. The number of aryl methyl sites for hydroxylation is 2. The van der Waals surface area contributed by atoms with Gasteiger partial charge in [-0.1, -0.05) is 0 Å². The van der Waals surface area contributed by atoms with Crippen molar-refractivity contribution in [3.8, 4) is 11.1 Å². The molecule has 0 N–H and O–H groups in total. The Bertz CT molecular complexity index is 1710. The van der Waals surface area contributed by atoms with E-state index in [-0.39, 0.29) is 10.8 Å². The van der Waals surface area contributed by atoms with Crippen LogP contribution in [0.2, 0.25) is 0 Å². The topological polar surface area (TPSA) is 0 Å². The van der Waals surface area contributed by atoms with Crippen molar-refractivity contribution in [1.29, 1.82) is 0 Å². The Labute approximate surface area is 261 Å². The number of fused-ring (bicyclic) bond motifs is 3. The van der Waals surface area contributed by atoms with Crippen LogP contribution in [0.1, 0.15) is 92.5 Å². The number of hydrogen-bond donors (Lipinski definition) is 0. The Morgan fingerprint density at radius 3 is 1.79 bits per heavy atom. The van der Waals surface area contributed by atoms with Crippen LogP contribution < -0.4 is 3.27 Å². The molecule has 42 heavy (non-hydrogen) atoms. The zero-order valence-corrected chi connectivity index (χ0v) is 29.1. The Balaban J connectivity index is 1.72. The van der Waals surface area contributed by atoms with Gasteiger partial charge in [-0.25, -0.2) is 0 Å². The first kappa shape index (κ1) is 29.2. The standard InChI is InChI=1S/C21H25.C15H14.C5H5.Zr/c1-20(2,3)16-7-9-18-14(12-16)11-15-13-17(21(4,5)6)8-10-19(15)18;1-12-3-7-14(8-4-12)11-15-9-5-13(2)6-10-15;1-2-4-5-3-1;/h7-10,12H,11H2,1-6H3;3-10H,1-2H3;1-3H,4H2;. The fourth-order valence-corrected chi connectivity index (χ4v) is 15.6. The molecule has 1 heteroatoms. The predicted molar refractivity (Wildman–Crippen MR) is 179 cm³/mol. The summed E-state index contributed by atoms with van der Waals surface area (Å²) in [6, 6.07) is 31.0. The van der Waals surface area contributed by atoms with Gasteiger partial charge in [0.05, 0.1) is 0 Å². The van der Waals surface area contributed by atoms with Crippen LogP contribution in [0.15, 0.2) is 100 Å². The Hall–Kier alpha value is -2.89. The fourth-order valence-electron chi connectivity index (χ4n) is 6.63. The molecular weight excluding hydrogens is 584 g/mol. The molecule has 4 aromatic carbocycles. The maximum atomic E-state index is 2.50. The van der Waals surface area contributed by atoms with Gasteiger partial charge in [0.25, 0.3) is 0 Å². The van der Waals surface area contributed by atoms with E-state index < -0.39 is 21.3 Å². The number of hydrogen-bond acceptors (Lipinski definition) is 0. The van der Waals surface area contributed by atoms with Crippen molar-refractivity contribution >= 4 is 6.48 Å². The van der Waals surface area contributed by atoms with E-state index in [1.54, 1.807) is 20.9 Å². The van der Waals surface area contributed by atoms with E-state index in [0.29, 0.717) is 0 Å². The average Bonchev–Trinajstić information content (AvgIpc) is 3.59. The quantitative estimate of drug-likeness (QED) is 0.186. The van der Waals surface area contributed by atoms with Crippen LogP contribution in [0, 0.1) is 13.8 Å². The van der Waals surface area contributed by atoms with Crippen molar-refractivity contribution in [2.75, 3.05) is 0 Å². The minimum absolute atomic E-state index is 0.0553. The molecule has 0 unspecified atom stereocenters. The summed E-state index contributed by atoms with van der Waals surface area (Å²) < 4.78 is 5.00. The number of rotatable bonds is 4.